The van der Waals surface area contributed by atoms with Gasteiger partial charge in [-0.1, -0.05) is 25.5 Å². The Morgan fingerprint density at radius 1 is 1.05 bits per heavy atom. The molecule has 0 amide bonds. The summed E-state index contributed by atoms with van der Waals surface area (Å²) in [6.45, 7) is 9.71. The zero-order valence-corrected chi connectivity index (χ0v) is 24.1. The molecule has 212 valence electrons. The van der Waals surface area contributed by atoms with Gasteiger partial charge in [0.05, 0.1) is 22.4 Å². The molecule has 3 heterocycles. The largest absolute Gasteiger partial charge is 0.393 e. The molecule has 0 radical (unpaired) electrons. The topological polar surface area (TPSA) is 116 Å². The number of aliphatic hydroxyl groups is 1. The van der Waals surface area contributed by atoms with Crippen LogP contribution in [0.5, 0.6) is 0 Å². The van der Waals surface area contributed by atoms with Gasteiger partial charge in [-0.05, 0) is 58.1 Å². The van der Waals surface area contributed by atoms with E-state index in [0.717, 1.165) is 80.4 Å². The summed E-state index contributed by atoms with van der Waals surface area (Å²) in [6.07, 6.45) is 6.83. The van der Waals surface area contributed by atoms with Crippen molar-refractivity contribution in [3.8, 4) is 11.3 Å². The fourth-order valence-electron chi connectivity index (χ4n) is 5.55. The lowest BCUT2D eigenvalue weighted by Crippen LogP contribution is -2.50. The van der Waals surface area contributed by atoms with E-state index >= 15 is 0 Å². The van der Waals surface area contributed by atoms with Gasteiger partial charge in [-0.2, -0.15) is 14.4 Å². The fraction of sp³-hybridized carbons (Fsp3) is 0.607. The van der Waals surface area contributed by atoms with Gasteiger partial charge in [-0.25, -0.2) is 18.1 Å². The van der Waals surface area contributed by atoms with Crippen LogP contribution < -0.4 is 5.32 Å². The summed E-state index contributed by atoms with van der Waals surface area (Å²) in [6, 6.07) is 7.59. The second-order valence-corrected chi connectivity index (χ2v) is 13.0. The molecule has 1 saturated carbocycles. The predicted octanol–water partition coefficient (Wildman–Crippen LogP) is 3.90. The maximum atomic E-state index is 13.3. The standard InChI is InChI=1S/C28H41N7O3S/c1-4-5-14-29-28-30-19-25-26(32-35(27(25)31-28)22-8-10-23(36)11-9-22)21-6-12-24(13-7-21)39(37,38)34-17-15-33(16-18-34)20(2)3/h6-7,12-13,19-20,22-23,36H,4-5,8-11,14-18H2,1-3H3,(H,29,30,31). The van der Waals surface area contributed by atoms with E-state index in [1.54, 1.807) is 16.4 Å². The zero-order valence-electron chi connectivity index (χ0n) is 23.3. The fourth-order valence-corrected chi connectivity index (χ4v) is 6.97. The van der Waals surface area contributed by atoms with E-state index in [1.165, 1.54) is 0 Å². The number of hydrogen-bond acceptors (Lipinski definition) is 8. The molecule has 11 heteroatoms. The van der Waals surface area contributed by atoms with Gasteiger partial charge < -0.3 is 10.4 Å². The molecule has 1 aliphatic heterocycles. The Bertz CT molecular complexity index is 1360. The van der Waals surface area contributed by atoms with Crippen molar-refractivity contribution in [3.63, 3.8) is 0 Å². The molecule has 2 N–H and O–H groups in total. The number of nitrogens with zero attached hydrogens (tertiary/aromatic N) is 6. The normalized spacial score (nSPS) is 21.6. The molecule has 0 bridgehead atoms. The van der Waals surface area contributed by atoms with Crippen molar-refractivity contribution in [2.45, 2.75) is 82.4 Å². The van der Waals surface area contributed by atoms with Gasteiger partial charge in [0.2, 0.25) is 16.0 Å². The minimum absolute atomic E-state index is 0.146. The van der Waals surface area contributed by atoms with Crippen molar-refractivity contribution in [2.24, 2.45) is 0 Å². The Balaban J connectivity index is 1.43. The highest BCUT2D eigenvalue weighted by molar-refractivity contribution is 7.89. The summed E-state index contributed by atoms with van der Waals surface area (Å²) in [4.78, 5) is 12.0. The molecule has 5 rings (SSSR count). The summed E-state index contributed by atoms with van der Waals surface area (Å²) in [7, 11) is -3.56. The Kier molecular flexibility index (Phi) is 8.51. The minimum atomic E-state index is -3.56. The molecule has 2 aromatic heterocycles. The average molecular weight is 556 g/mol. The summed E-state index contributed by atoms with van der Waals surface area (Å²) < 4.78 is 30.3. The van der Waals surface area contributed by atoms with Crippen molar-refractivity contribution in [1.29, 1.82) is 0 Å². The Morgan fingerprint density at radius 2 is 1.74 bits per heavy atom. The number of fused-ring (bicyclic) bond motifs is 1. The smallest absolute Gasteiger partial charge is 0.243 e. The number of benzene rings is 1. The van der Waals surface area contributed by atoms with Crippen molar-refractivity contribution in [1.82, 2.24) is 29.0 Å². The van der Waals surface area contributed by atoms with Crippen molar-refractivity contribution < 1.29 is 13.5 Å². The van der Waals surface area contributed by atoms with Crippen LogP contribution in [0.1, 0.15) is 65.3 Å². The summed E-state index contributed by atoms with van der Waals surface area (Å²) >= 11 is 0. The van der Waals surface area contributed by atoms with Crippen LogP contribution in [0, 0.1) is 0 Å². The molecule has 3 aromatic rings. The highest BCUT2D eigenvalue weighted by Crippen LogP contribution is 2.35. The predicted molar refractivity (Wildman–Crippen MR) is 153 cm³/mol. The molecule has 2 fully saturated rings. The van der Waals surface area contributed by atoms with Crippen LogP contribution in [0.2, 0.25) is 0 Å². The molecule has 0 spiro atoms. The highest BCUT2D eigenvalue weighted by Gasteiger charge is 2.30. The van der Waals surface area contributed by atoms with Crippen molar-refractivity contribution in [2.75, 3.05) is 38.0 Å². The third-order valence-corrected chi connectivity index (χ3v) is 9.96. The lowest BCUT2D eigenvalue weighted by atomic mass is 9.93. The number of aliphatic hydroxyl groups excluding tert-OH is 1. The van der Waals surface area contributed by atoms with Gasteiger partial charge in [0, 0.05) is 50.5 Å². The van der Waals surface area contributed by atoms with E-state index in [4.69, 9.17) is 10.1 Å². The van der Waals surface area contributed by atoms with Gasteiger partial charge >= 0.3 is 0 Å². The van der Waals surface area contributed by atoms with Crippen molar-refractivity contribution in [3.05, 3.63) is 30.5 Å². The highest BCUT2D eigenvalue weighted by atomic mass is 32.2. The van der Waals surface area contributed by atoms with Crippen LogP contribution in [-0.4, -0.2) is 87.3 Å². The molecule has 1 aromatic carbocycles. The van der Waals surface area contributed by atoms with E-state index in [-0.39, 0.29) is 12.1 Å². The minimum Gasteiger partial charge on any atom is -0.393 e. The van der Waals surface area contributed by atoms with Crippen LogP contribution in [0.3, 0.4) is 0 Å². The number of aromatic nitrogens is 4. The van der Waals surface area contributed by atoms with Gasteiger partial charge in [0.15, 0.2) is 5.65 Å². The molecule has 0 unspecified atom stereocenters. The van der Waals surface area contributed by atoms with Crippen LogP contribution >= 0.6 is 0 Å². The quantitative estimate of drug-likeness (QED) is 0.382. The van der Waals surface area contributed by atoms with Gasteiger partial charge in [-0.15, -0.1) is 0 Å². The second kappa shape index (κ2) is 11.9. The Hall–Kier alpha value is -2.60. The first-order valence-electron chi connectivity index (χ1n) is 14.3. The van der Waals surface area contributed by atoms with E-state index in [9.17, 15) is 13.5 Å². The first kappa shape index (κ1) is 27.9. The van der Waals surface area contributed by atoms with Crippen LogP contribution in [-0.2, 0) is 10.0 Å². The molecule has 1 saturated heterocycles. The van der Waals surface area contributed by atoms with Crippen LogP contribution in [0.15, 0.2) is 35.4 Å². The average Bonchev–Trinajstić information content (AvgIpc) is 3.32. The van der Waals surface area contributed by atoms with E-state index in [1.807, 2.05) is 23.0 Å². The lowest BCUT2D eigenvalue weighted by molar-refractivity contribution is 0.109. The molecular formula is C28H41N7O3S. The number of piperazine rings is 1. The molecule has 10 nitrogen and oxygen atoms in total. The number of rotatable bonds is 9. The summed E-state index contributed by atoms with van der Waals surface area (Å²) in [5, 5.41) is 19.2. The molecule has 39 heavy (non-hydrogen) atoms. The van der Waals surface area contributed by atoms with Crippen LogP contribution in [0.4, 0.5) is 5.95 Å². The SMILES string of the molecule is CCCCNc1ncc2c(-c3ccc(S(=O)(=O)N4CCN(C(C)C)CC4)cc3)nn(C3CCC(O)CC3)c2n1. The third-order valence-electron chi connectivity index (χ3n) is 8.04. The Morgan fingerprint density at radius 3 is 2.38 bits per heavy atom. The lowest BCUT2D eigenvalue weighted by Gasteiger charge is -2.36. The van der Waals surface area contributed by atoms with Gasteiger partial charge in [-0.3, -0.25) is 4.90 Å². The number of hydrogen-bond donors (Lipinski definition) is 2. The number of unbranched alkanes of at least 4 members (excludes halogenated alkanes) is 1. The number of anilines is 1. The van der Waals surface area contributed by atoms with Crippen LogP contribution in [0.25, 0.3) is 22.3 Å². The first-order chi connectivity index (χ1) is 18.8. The van der Waals surface area contributed by atoms with Gasteiger partial charge in [0.1, 0.15) is 5.69 Å². The zero-order chi connectivity index (χ0) is 27.6. The van der Waals surface area contributed by atoms with Crippen molar-refractivity contribution >= 4 is 27.0 Å². The Labute approximate surface area is 231 Å². The van der Waals surface area contributed by atoms with E-state index in [0.29, 0.717) is 30.0 Å². The summed E-state index contributed by atoms with van der Waals surface area (Å²) in [5.74, 6) is 0.582. The first-order valence-corrected chi connectivity index (χ1v) is 15.7. The summed E-state index contributed by atoms with van der Waals surface area (Å²) in [5.41, 5.74) is 2.33. The molecule has 0 atom stereocenters. The van der Waals surface area contributed by atoms with E-state index < -0.39 is 10.0 Å². The maximum Gasteiger partial charge on any atom is 0.243 e. The maximum absolute atomic E-state index is 13.3. The second-order valence-electron chi connectivity index (χ2n) is 11.0. The van der Waals surface area contributed by atoms with Gasteiger partial charge in [0.25, 0.3) is 0 Å². The monoisotopic (exact) mass is 555 g/mol. The number of sulfonamides is 1. The molecular weight excluding hydrogens is 514 g/mol. The number of nitrogens with one attached hydrogen (secondary N) is 1. The third kappa shape index (κ3) is 5.96. The van der Waals surface area contributed by atoms with E-state index in [2.05, 4.69) is 36.0 Å². The molecule has 1 aliphatic carbocycles. The molecule has 2 aliphatic rings.